The highest BCUT2D eigenvalue weighted by Gasteiger charge is 2.32. The lowest BCUT2D eigenvalue weighted by molar-refractivity contribution is -0.123. The lowest BCUT2D eigenvalue weighted by Gasteiger charge is -2.20. The zero-order valence-electron chi connectivity index (χ0n) is 15.7. The first kappa shape index (κ1) is 19.9. The molecule has 9 heteroatoms. The van der Waals surface area contributed by atoms with E-state index in [1.54, 1.807) is 32.4 Å². The lowest BCUT2D eigenvalue weighted by atomic mass is 10.1. The van der Waals surface area contributed by atoms with Crippen molar-refractivity contribution in [3.05, 3.63) is 53.8 Å². The third kappa shape index (κ3) is 4.69. The minimum Gasteiger partial charge on any atom is -0.493 e. The van der Waals surface area contributed by atoms with E-state index in [1.165, 1.54) is 6.07 Å². The summed E-state index contributed by atoms with van der Waals surface area (Å²) in [7, 11) is 3.16. The minimum atomic E-state index is -0.620. The number of ether oxygens (including phenoxy) is 2. The molecular weight excluding hydrogens is 365 g/mol. The summed E-state index contributed by atoms with van der Waals surface area (Å²) in [6.45, 7) is 0.443. The lowest BCUT2D eigenvalue weighted by Crippen LogP contribution is -2.50. The Balaban J connectivity index is 1.53. The molecule has 2 atom stereocenters. The number of amides is 1. The molecular formula is C19H24FN5O3. The molecule has 1 amide bonds. The highest BCUT2D eigenvalue weighted by molar-refractivity contribution is 5.83. The maximum absolute atomic E-state index is 13.8. The molecule has 0 aromatic heterocycles. The molecule has 1 aliphatic rings. The highest BCUT2D eigenvalue weighted by atomic mass is 19.1. The van der Waals surface area contributed by atoms with E-state index in [9.17, 15) is 9.18 Å². The number of nitrogens with one attached hydrogen (secondary N) is 5. The second-order valence-corrected chi connectivity index (χ2v) is 6.22. The smallest absolute Gasteiger partial charge is 0.242 e. The Hall–Kier alpha value is -2.88. The van der Waals surface area contributed by atoms with Gasteiger partial charge in [0.15, 0.2) is 11.5 Å². The molecule has 0 aliphatic carbocycles. The number of halogens is 1. The standard InChI is InChI=1S/C19H24FN5O3/c1-27-15-8-7-12(11-16(15)28-2)9-10-21-19(26)17-18(24-25-23-17)22-14-6-4-3-5-13(14)20/h3-8,11,17-18,22-25H,9-10H2,1-2H3,(H,21,26). The van der Waals surface area contributed by atoms with Crippen LogP contribution in [0.2, 0.25) is 0 Å². The molecule has 150 valence electrons. The summed E-state index contributed by atoms with van der Waals surface area (Å²) in [5, 5.41) is 5.86. The largest absolute Gasteiger partial charge is 0.493 e. The van der Waals surface area contributed by atoms with Crippen molar-refractivity contribution in [3.8, 4) is 11.5 Å². The van der Waals surface area contributed by atoms with Gasteiger partial charge in [0, 0.05) is 6.54 Å². The van der Waals surface area contributed by atoms with Gasteiger partial charge in [-0.05, 0) is 36.2 Å². The summed E-state index contributed by atoms with van der Waals surface area (Å²) >= 11 is 0. The molecule has 0 spiro atoms. The first-order valence-corrected chi connectivity index (χ1v) is 8.88. The number of benzene rings is 2. The van der Waals surface area contributed by atoms with Gasteiger partial charge in [-0.2, -0.15) is 5.53 Å². The van der Waals surface area contributed by atoms with Crippen LogP contribution in [0.15, 0.2) is 42.5 Å². The molecule has 1 aliphatic heterocycles. The van der Waals surface area contributed by atoms with Gasteiger partial charge in [-0.3, -0.25) is 4.79 Å². The average molecular weight is 389 g/mol. The molecule has 1 fully saturated rings. The Morgan fingerprint density at radius 3 is 2.64 bits per heavy atom. The number of para-hydroxylation sites is 1. The fourth-order valence-corrected chi connectivity index (χ4v) is 2.92. The zero-order chi connectivity index (χ0) is 19.9. The van der Waals surface area contributed by atoms with Crippen molar-refractivity contribution in [2.45, 2.75) is 18.6 Å². The van der Waals surface area contributed by atoms with Crippen molar-refractivity contribution in [3.63, 3.8) is 0 Å². The number of hydrogen-bond acceptors (Lipinski definition) is 7. The third-order valence-corrected chi connectivity index (χ3v) is 4.42. The van der Waals surface area contributed by atoms with Crippen LogP contribution in [0.25, 0.3) is 0 Å². The quantitative estimate of drug-likeness (QED) is 0.458. The summed E-state index contributed by atoms with van der Waals surface area (Å²) in [5.74, 6) is 0.701. The van der Waals surface area contributed by atoms with Crippen LogP contribution in [0, 0.1) is 5.82 Å². The van der Waals surface area contributed by atoms with E-state index in [0.29, 0.717) is 30.2 Å². The highest BCUT2D eigenvalue weighted by Crippen LogP contribution is 2.27. The SMILES string of the molecule is COc1ccc(CCNC(=O)C2NNNC2Nc2ccccc2F)cc1OC. The van der Waals surface area contributed by atoms with Crippen molar-refractivity contribution in [2.75, 3.05) is 26.1 Å². The van der Waals surface area contributed by atoms with E-state index >= 15 is 0 Å². The Labute approximate surface area is 162 Å². The Bertz CT molecular complexity index is 820. The molecule has 0 bridgehead atoms. The molecule has 2 aromatic carbocycles. The minimum absolute atomic E-state index is 0.216. The fourth-order valence-electron chi connectivity index (χ4n) is 2.92. The molecule has 8 nitrogen and oxygen atoms in total. The van der Waals surface area contributed by atoms with Gasteiger partial charge in [0.25, 0.3) is 0 Å². The van der Waals surface area contributed by atoms with Gasteiger partial charge in [0.1, 0.15) is 18.0 Å². The maximum atomic E-state index is 13.8. The molecule has 2 aromatic rings. The number of anilines is 1. The molecule has 1 heterocycles. The monoisotopic (exact) mass is 389 g/mol. The topological polar surface area (TPSA) is 95.7 Å². The number of carbonyl (C=O) groups excluding carboxylic acids is 1. The molecule has 0 radical (unpaired) electrons. The second kappa shape index (κ2) is 9.36. The fraction of sp³-hybridized carbons (Fsp3) is 0.316. The van der Waals surface area contributed by atoms with Gasteiger partial charge in [-0.15, -0.1) is 0 Å². The number of rotatable bonds is 8. The average Bonchev–Trinajstić information content (AvgIpc) is 3.17. The van der Waals surface area contributed by atoms with Crippen molar-refractivity contribution >= 4 is 11.6 Å². The number of hydrogen-bond donors (Lipinski definition) is 5. The molecule has 28 heavy (non-hydrogen) atoms. The van der Waals surface area contributed by atoms with Crippen LogP contribution in [0.5, 0.6) is 11.5 Å². The van der Waals surface area contributed by atoms with Crippen LogP contribution >= 0.6 is 0 Å². The summed E-state index contributed by atoms with van der Waals surface area (Å²) in [6, 6.07) is 11.3. The van der Waals surface area contributed by atoms with Gasteiger partial charge in [-0.1, -0.05) is 18.2 Å². The van der Waals surface area contributed by atoms with Crippen LogP contribution in [-0.4, -0.2) is 38.9 Å². The first-order valence-electron chi connectivity index (χ1n) is 8.88. The summed E-state index contributed by atoms with van der Waals surface area (Å²) < 4.78 is 24.3. The van der Waals surface area contributed by atoms with Crippen LogP contribution in [0.3, 0.4) is 0 Å². The van der Waals surface area contributed by atoms with Gasteiger partial charge in [0.2, 0.25) is 5.91 Å². The van der Waals surface area contributed by atoms with Gasteiger partial charge in [-0.25, -0.2) is 15.2 Å². The van der Waals surface area contributed by atoms with Crippen LogP contribution < -0.4 is 36.5 Å². The summed E-state index contributed by atoms with van der Waals surface area (Å²) in [5.41, 5.74) is 9.73. The Kier molecular flexibility index (Phi) is 6.64. The molecule has 2 unspecified atom stereocenters. The number of hydrazine groups is 2. The first-order chi connectivity index (χ1) is 13.6. The van der Waals surface area contributed by atoms with Crippen LogP contribution in [0.4, 0.5) is 10.1 Å². The van der Waals surface area contributed by atoms with Crippen molar-refractivity contribution in [2.24, 2.45) is 0 Å². The van der Waals surface area contributed by atoms with Crippen LogP contribution in [-0.2, 0) is 11.2 Å². The van der Waals surface area contributed by atoms with Crippen molar-refractivity contribution < 1.29 is 18.7 Å². The van der Waals surface area contributed by atoms with Gasteiger partial charge >= 0.3 is 0 Å². The maximum Gasteiger partial charge on any atom is 0.242 e. The van der Waals surface area contributed by atoms with E-state index in [-0.39, 0.29) is 11.7 Å². The predicted octanol–water partition coefficient (Wildman–Crippen LogP) is 0.921. The Morgan fingerprint density at radius 1 is 1.11 bits per heavy atom. The normalized spacial score (nSPS) is 18.5. The molecule has 0 saturated carbocycles. The Morgan fingerprint density at radius 2 is 1.89 bits per heavy atom. The van der Waals surface area contributed by atoms with Crippen LogP contribution in [0.1, 0.15) is 5.56 Å². The van der Waals surface area contributed by atoms with Gasteiger partial charge < -0.3 is 20.1 Å². The van der Waals surface area contributed by atoms with E-state index in [4.69, 9.17) is 9.47 Å². The van der Waals surface area contributed by atoms with E-state index in [1.807, 2.05) is 18.2 Å². The van der Waals surface area contributed by atoms with E-state index in [0.717, 1.165) is 5.56 Å². The number of carbonyl (C=O) groups is 1. The van der Waals surface area contributed by atoms with Crippen molar-refractivity contribution in [1.82, 2.24) is 21.7 Å². The summed E-state index contributed by atoms with van der Waals surface area (Å²) in [4.78, 5) is 12.5. The second-order valence-electron chi connectivity index (χ2n) is 6.22. The molecule has 3 rings (SSSR count). The molecule has 1 saturated heterocycles. The van der Waals surface area contributed by atoms with E-state index in [2.05, 4.69) is 27.0 Å². The number of methoxy groups -OCH3 is 2. The van der Waals surface area contributed by atoms with Crippen molar-refractivity contribution in [1.29, 1.82) is 0 Å². The predicted molar refractivity (Wildman–Crippen MR) is 103 cm³/mol. The van der Waals surface area contributed by atoms with E-state index < -0.39 is 12.2 Å². The summed E-state index contributed by atoms with van der Waals surface area (Å²) in [6.07, 6.45) is 0.114. The zero-order valence-corrected chi connectivity index (χ0v) is 15.7. The third-order valence-electron chi connectivity index (χ3n) is 4.42. The molecule has 5 N–H and O–H groups in total. The van der Waals surface area contributed by atoms with Gasteiger partial charge in [0.05, 0.1) is 19.9 Å².